The molecular formula is C16H16ClN3O4S2. The number of thiazole rings is 1. The monoisotopic (exact) mass is 413 g/mol. The molecule has 138 valence electrons. The maximum absolute atomic E-state index is 12.8. The van der Waals surface area contributed by atoms with E-state index in [4.69, 9.17) is 16.0 Å². The smallest absolute Gasteiger partial charge is 0.408 e. The second kappa shape index (κ2) is 6.40. The Morgan fingerprint density at radius 2 is 2.12 bits per heavy atom. The molecule has 0 amide bonds. The van der Waals surface area contributed by atoms with Gasteiger partial charge in [0.15, 0.2) is 10.7 Å². The van der Waals surface area contributed by atoms with Gasteiger partial charge in [-0.2, -0.15) is 0 Å². The lowest BCUT2D eigenvalue weighted by atomic mass is 10.0. The van der Waals surface area contributed by atoms with Crippen molar-refractivity contribution in [1.29, 1.82) is 0 Å². The highest BCUT2D eigenvalue weighted by molar-refractivity contribution is 7.93. The van der Waals surface area contributed by atoms with E-state index >= 15 is 0 Å². The summed E-state index contributed by atoms with van der Waals surface area (Å²) in [5.74, 6) is -0.548. The van der Waals surface area contributed by atoms with Crippen LogP contribution >= 0.6 is 22.9 Å². The van der Waals surface area contributed by atoms with Crippen LogP contribution in [-0.4, -0.2) is 18.0 Å². The normalized spacial score (nSPS) is 14.5. The summed E-state index contributed by atoms with van der Waals surface area (Å²) in [6.07, 6.45) is 3.96. The molecule has 4 rings (SSSR count). The fraction of sp³-hybridized carbons (Fsp3) is 0.375. The van der Waals surface area contributed by atoms with Gasteiger partial charge in [0.05, 0.1) is 16.2 Å². The number of nitrogens with zero attached hydrogens (tertiary/aromatic N) is 2. The predicted octanol–water partition coefficient (Wildman–Crippen LogP) is 3.40. The highest BCUT2D eigenvalue weighted by Gasteiger charge is 2.24. The average molecular weight is 414 g/mol. The molecule has 2 aromatic heterocycles. The fourth-order valence-corrected chi connectivity index (χ4v) is 5.96. The van der Waals surface area contributed by atoms with Crippen molar-refractivity contribution < 1.29 is 12.8 Å². The SMILES string of the molecule is CCn1c(=O)oc2cc(S(=O)(=O)Nc3nc4c(s3)CCCC4)c(Cl)cc21. The number of oxazole rings is 1. The van der Waals surface area contributed by atoms with Crippen molar-refractivity contribution in [3.63, 3.8) is 0 Å². The Hall–Kier alpha value is -1.84. The summed E-state index contributed by atoms with van der Waals surface area (Å²) in [4.78, 5) is 17.2. The topological polar surface area (TPSA) is 94.2 Å². The van der Waals surface area contributed by atoms with Gasteiger partial charge in [0.25, 0.3) is 10.0 Å². The van der Waals surface area contributed by atoms with Gasteiger partial charge >= 0.3 is 5.76 Å². The van der Waals surface area contributed by atoms with E-state index in [0.717, 1.165) is 36.3 Å². The third-order valence-corrected chi connectivity index (χ3v) is 7.40. The molecule has 1 aromatic carbocycles. The first-order chi connectivity index (χ1) is 12.4. The predicted molar refractivity (Wildman–Crippen MR) is 101 cm³/mol. The number of hydrogen-bond donors (Lipinski definition) is 1. The number of hydrogen-bond acceptors (Lipinski definition) is 6. The van der Waals surface area contributed by atoms with E-state index in [1.54, 1.807) is 6.92 Å². The van der Waals surface area contributed by atoms with Gasteiger partial charge in [0.1, 0.15) is 4.90 Å². The lowest BCUT2D eigenvalue weighted by Gasteiger charge is -2.07. The largest absolute Gasteiger partial charge is 0.419 e. The molecule has 0 radical (unpaired) electrons. The molecule has 0 spiro atoms. The molecule has 1 aliphatic carbocycles. The van der Waals surface area contributed by atoms with Crippen molar-refractivity contribution >= 4 is 49.2 Å². The maximum atomic E-state index is 12.8. The van der Waals surface area contributed by atoms with Gasteiger partial charge in [-0.15, -0.1) is 11.3 Å². The molecule has 0 saturated heterocycles. The Bertz CT molecular complexity index is 1140. The molecule has 0 unspecified atom stereocenters. The molecule has 26 heavy (non-hydrogen) atoms. The van der Waals surface area contributed by atoms with E-state index in [0.29, 0.717) is 17.2 Å². The Labute approximate surface area is 158 Å². The maximum Gasteiger partial charge on any atom is 0.419 e. The molecule has 1 N–H and O–H groups in total. The van der Waals surface area contributed by atoms with Crippen LogP contribution in [0.25, 0.3) is 11.1 Å². The lowest BCUT2D eigenvalue weighted by molar-refractivity contribution is 0.512. The van der Waals surface area contributed by atoms with E-state index < -0.39 is 15.8 Å². The van der Waals surface area contributed by atoms with Crippen LogP contribution < -0.4 is 10.5 Å². The van der Waals surface area contributed by atoms with Gasteiger partial charge in [0, 0.05) is 17.5 Å². The van der Waals surface area contributed by atoms with Crippen LogP contribution in [0.3, 0.4) is 0 Å². The van der Waals surface area contributed by atoms with Crippen LogP contribution in [0.1, 0.15) is 30.3 Å². The van der Waals surface area contributed by atoms with Gasteiger partial charge in [-0.05, 0) is 38.7 Å². The number of anilines is 1. The Balaban J connectivity index is 1.74. The number of aromatic nitrogens is 2. The zero-order valence-corrected chi connectivity index (χ0v) is 16.3. The first-order valence-corrected chi connectivity index (χ1v) is 10.9. The second-order valence-corrected chi connectivity index (χ2v) is 9.21. The van der Waals surface area contributed by atoms with Gasteiger partial charge in [-0.3, -0.25) is 9.29 Å². The Kier molecular flexibility index (Phi) is 4.32. The van der Waals surface area contributed by atoms with E-state index in [1.807, 2.05) is 0 Å². The number of benzene rings is 1. The van der Waals surface area contributed by atoms with Crippen molar-refractivity contribution in [1.82, 2.24) is 9.55 Å². The summed E-state index contributed by atoms with van der Waals surface area (Å²) in [7, 11) is -3.95. The molecule has 2 heterocycles. The second-order valence-electron chi connectivity index (χ2n) is 6.06. The third kappa shape index (κ3) is 2.93. The van der Waals surface area contributed by atoms with E-state index in [2.05, 4.69) is 9.71 Å². The van der Waals surface area contributed by atoms with Gasteiger partial charge in [0.2, 0.25) is 0 Å². The molecule has 0 aliphatic heterocycles. The first kappa shape index (κ1) is 17.6. The molecule has 1 aliphatic rings. The molecular weight excluding hydrogens is 398 g/mol. The zero-order valence-electron chi connectivity index (χ0n) is 13.9. The van der Waals surface area contributed by atoms with Gasteiger partial charge in [-0.1, -0.05) is 11.6 Å². The number of rotatable bonds is 4. The lowest BCUT2D eigenvalue weighted by Crippen LogP contribution is -2.14. The highest BCUT2D eigenvalue weighted by atomic mass is 35.5. The van der Waals surface area contributed by atoms with Crippen molar-refractivity contribution in [3.05, 3.63) is 38.3 Å². The summed E-state index contributed by atoms with van der Waals surface area (Å²) >= 11 is 7.55. The van der Waals surface area contributed by atoms with E-state index in [-0.39, 0.29) is 15.5 Å². The minimum atomic E-state index is -3.95. The van der Waals surface area contributed by atoms with Crippen LogP contribution in [-0.2, 0) is 29.4 Å². The zero-order chi connectivity index (χ0) is 18.5. The summed E-state index contributed by atoms with van der Waals surface area (Å²) in [5.41, 5.74) is 1.61. The number of sulfonamides is 1. The van der Waals surface area contributed by atoms with Gasteiger partial charge in [-0.25, -0.2) is 18.2 Å². The van der Waals surface area contributed by atoms with Crippen LogP contribution in [0.4, 0.5) is 5.13 Å². The number of nitrogens with one attached hydrogen (secondary N) is 1. The van der Waals surface area contributed by atoms with Crippen LogP contribution in [0.5, 0.6) is 0 Å². The number of halogens is 1. The first-order valence-electron chi connectivity index (χ1n) is 8.23. The van der Waals surface area contributed by atoms with Gasteiger partial charge < -0.3 is 4.42 Å². The van der Waals surface area contributed by atoms with Crippen molar-refractivity contribution in [2.24, 2.45) is 0 Å². The fourth-order valence-electron chi connectivity index (χ4n) is 3.14. The minimum Gasteiger partial charge on any atom is -0.408 e. The van der Waals surface area contributed by atoms with Crippen LogP contribution in [0.2, 0.25) is 5.02 Å². The molecule has 0 fully saturated rings. The van der Waals surface area contributed by atoms with Crippen molar-refractivity contribution in [2.75, 3.05) is 4.72 Å². The minimum absolute atomic E-state index is 0.0225. The van der Waals surface area contributed by atoms with Crippen molar-refractivity contribution in [2.45, 2.75) is 44.0 Å². The third-order valence-electron chi connectivity index (χ3n) is 4.40. The quantitative estimate of drug-likeness (QED) is 0.707. The molecule has 0 saturated carbocycles. The molecule has 7 nitrogen and oxygen atoms in total. The highest BCUT2D eigenvalue weighted by Crippen LogP contribution is 2.33. The molecule has 10 heteroatoms. The Morgan fingerprint density at radius 3 is 2.85 bits per heavy atom. The summed E-state index contributed by atoms with van der Waals surface area (Å²) in [5, 5.41) is 0.356. The molecule has 0 bridgehead atoms. The summed E-state index contributed by atoms with van der Waals surface area (Å²) < 4.78 is 34.6. The van der Waals surface area contributed by atoms with Crippen LogP contribution in [0, 0.1) is 0 Å². The number of fused-ring (bicyclic) bond motifs is 2. The van der Waals surface area contributed by atoms with E-state index in [9.17, 15) is 13.2 Å². The van der Waals surface area contributed by atoms with Crippen molar-refractivity contribution in [3.8, 4) is 0 Å². The standard InChI is InChI=1S/C16H16ClN3O4S2/c1-2-20-11-7-9(17)14(8-12(11)24-16(20)21)26(22,23)19-15-18-10-5-3-4-6-13(10)25-15/h7-8H,2-6H2,1H3,(H,18,19). The van der Waals surface area contributed by atoms with Crippen LogP contribution in [0.15, 0.2) is 26.2 Å². The molecule has 0 atom stereocenters. The summed E-state index contributed by atoms with van der Waals surface area (Å²) in [6, 6.07) is 2.72. The molecule has 3 aromatic rings. The average Bonchev–Trinajstić information content (AvgIpc) is 3.12. The summed E-state index contributed by atoms with van der Waals surface area (Å²) in [6.45, 7) is 2.19. The van der Waals surface area contributed by atoms with E-state index in [1.165, 1.54) is 28.0 Å². The Morgan fingerprint density at radius 1 is 1.35 bits per heavy atom. The number of aryl methyl sites for hydroxylation is 3.